The maximum Gasteiger partial charge on any atom is 0.119 e. The summed E-state index contributed by atoms with van der Waals surface area (Å²) in [6.45, 7) is 3.86. The van der Waals surface area contributed by atoms with Crippen molar-refractivity contribution in [2.24, 2.45) is 0 Å². The first-order valence-corrected chi connectivity index (χ1v) is 7.85. The summed E-state index contributed by atoms with van der Waals surface area (Å²) < 4.78 is 8.12. The number of imidazole rings is 1. The molecule has 0 atom stereocenters. The third kappa shape index (κ3) is 3.57. The first kappa shape index (κ1) is 14.0. The van der Waals surface area contributed by atoms with Crippen LogP contribution < -0.4 is 10.1 Å². The number of rotatable bonds is 6. The highest BCUT2D eigenvalue weighted by Gasteiger charge is 2.16. The lowest BCUT2D eigenvalue weighted by Crippen LogP contribution is -2.10. The van der Waals surface area contributed by atoms with Gasteiger partial charge in [-0.25, -0.2) is 4.98 Å². The predicted molar refractivity (Wildman–Crippen MR) is 84.6 cm³/mol. The minimum absolute atomic E-state index is 0.419. The Labute approximate surface area is 126 Å². The lowest BCUT2D eigenvalue weighted by Gasteiger charge is -2.14. The zero-order chi connectivity index (χ0) is 14.5. The maximum absolute atomic E-state index is 5.98. The molecular weight excluding hydrogens is 262 g/mol. The SMILES string of the molecule is CCn1cncc1CNc1ccc(OC2CCCC2)cc1. The van der Waals surface area contributed by atoms with E-state index in [1.807, 2.05) is 12.5 Å². The molecule has 3 rings (SSSR count). The molecule has 1 heterocycles. The van der Waals surface area contributed by atoms with Crippen LogP contribution in [0.3, 0.4) is 0 Å². The van der Waals surface area contributed by atoms with E-state index in [1.54, 1.807) is 0 Å². The highest BCUT2D eigenvalue weighted by molar-refractivity contribution is 5.46. The summed E-state index contributed by atoms with van der Waals surface area (Å²) in [4.78, 5) is 4.18. The van der Waals surface area contributed by atoms with E-state index in [-0.39, 0.29) is 0 Å². The van der Waals surface area contributed by atoms with Gasteiger partial charge < -0.3 is 14.6 Å². The molecule has 4 heteroatoms. The Morgan fingerprint density at radius 2 is 2.00 bits per heavy atom. The Kier molecular flexibility index (Phi) is 4.43. The summed E-state index contributed by atoms with van der Waals surface area (Å²) in [5.74, 6) is 0.978. The highest BCUT2D eigenvalue weighted by atomic mass is 16.5. The van der Waals surface area contributed by atoms with Gasteiger partial charge in [0.05, 0.1) is 24.7 Å². The third-order valence-electron chi connectivity index (χ3n) is 4.07. The molecule has 0 amide bonds. The number of aromatic nitrogens is 2. The number of anilines is 1. The fourth-order valence-electron chi connectivity index (χ4n) is 2.82. The van der Waals surface area contributed by atoms with Gasteiger partial charge in [0.15, 0.2) is 0 Å². The monoisotopic (exact) mass is 285 g/mol. The van der Waals surface area contributed by atoms with Crippen LogP contribution in [0.2, 0.25) is 0 Å². The Morgan fingerprint density at radius 1 is 1.24 bits per heavy atom. The van der Waals surface area contributed by atoms with E-state index in [9.17, 15) is 0 Å². The number of nitrogens with zero attached hydrogens (tertiary/aromatic N) is 2. The summed E-state index contributed by atoms with van der Waals surface area (Å²) in [5.41, 5.74) is 2.31. The zero-order valence-electron chi connectivity index (χ0n) is 12.6. The van der Waals surface area contributed by atoms with Crippen molar-refractivity contribution >= 4 is 5.69 Å². The van der Waals surface area contributed by atoms with Crippen LogP contribution >= 0.6 is 0 Å². The van der Waals surface area contributed by atoms with Gasteiger partial charge in [-0.05, 0) is 56.9 Å². The van der Waals surface area contributed by atoms with E-state index in [0.29, 0.717) is 6.10 Å². The Morgan fingerprint density at radius 3 is 2.71 bits per heavy atom. The summed E-state index contributed by atoms with van der Waals surface area (Å²) in [6, 6.07) is 8.27. The van der Waals surface area contributed by atoms with E-state index in [4.69, 9.17) is 4.74 Å². The van der Waals surface area contributed by atoms with Crippen LogP contribution in [-0.4, -0.2) is 15.7 Å². The Hall–Kier alpha value is -1.97. The molecule has 1 aliphatic rings. The zero-order valence-corrected chi connectivity index (χ0v) is 12.6. The molecule has 1 aromatic heterocycles. The molecule has 2 aromatic rings. The molecular formula is C17H23N3O. The van der Waals surface area contributed by atoms with E-state index in [0.717, 1.165) is 24.5 Å². The van der Waals surface area contributed by atoms with Crippen molar-refractivity contribution in [3.8, 4) is 5.75 Å². The van der Waals surface area contributed by atoms with E-state index in [2.05, 4.69) is 46.1 Å². The van der Waals surface area contributed by atoms with Crippen molar-refractivity contribution in [3.63, 3.8) is 0 Å². The molecule has 0 spiro atoms. The molecule has 21 heavy (non-hydrogen) atoms. The number of nitrogens with one attached hydrogen (secondary N) is 1. The molecule has 0 radical (unpaired) electrons. The van der Waals surface area contributed by atoms with Gasteiger partial charge in [0.1, 0.15) is 5.75 Å². The minimum atomic E-state index is 0.419. The Bertz CT molecular complexity index is 556. The van der Waals surface area contributed by atoms with Crippen LogP contribution in [0, 0.1) is 0 Å². The molecule has 0 bridgehead atoms. The third-order valence-corrected chi connectivity index (χ3v) is 4.07. The van der Waals surface area contributed by atoms with Crippen molar-refractivity contribution in [2.45, 2.75) is 51.8 Å². The van der Waals surface area contributed by atoms with Crippen LogP contribution in [0.25, 0.3) is 0 Å². The second kappa shape index (κ2) is 6.66. The first-order valence-electron chi connectivity index (χ1n) is 7.85. The summed E-state index contributed by atoms with van der Waals surface area (Å²) in [7, 11) is 0. The van der Waals surface area contributed by atoms with Gasteiger partial charge in [0.2, 0.25) is 0 Å². The topological polar surface area (TPSA) is 39.1 Å². The average Bonchev–Trinajstić information content (AvgIpc) is 3.17. The van der Waals surface area contributed by atoms with Crippen molar-refractivity contribution in [3.05, 3.63) is 42.5 Å². The van der Waals surface area contributed by atoms with Gasteiger partial charge in [-0.15, -0.1) is 0 Å². The van der Waals surface area contributed by atoms with Gasteiger partial charge in [0, 0.05) is 18.4 Å². The van der Waals surface area contributed by atoms with Gasteiger partial charge >= 0.3 is 0 Å². The van der Waals surface area contributed by atoms with Crippen molar-refractivity contribution in [2.75, 3.05) is 5.32 Å². The predicted octanol–water partition coefficient (Wildman–Crippen LogP) is 3.84. The smallest absolute Gasteiger partial charge is 0.119 e. The van der Waals surface area contributed by atoms with Crippen molar-refractivity contribution in [1.29, 1.82) is 0 Å². The van der Waals surface area contributed by atoms with E-state index < -0.39 is 0 Å². The largest absolute Gasteiger partial charge is 0.490 e. The van der Waals surface area contributed by atoms with E-state index >= 15 is 0 Å². The molecule has 1 N–H and O–H groups in total. The van der Waals surface area contributed by atoms with Gasteiger partial charge in [-0.3, -0.25) is 0 Å². The molecule has 1 fully saturated rings. The molecule has 0 saturated heterocycles. The first-order chi connectivity index (χ1) is 10.3. The number of benzene rings is 1. The van der Waals surface area contributed by atoms with Crippen LogP contribution in [0.15, 0.2) is 36.8 Å². The number of ether oxygens (including phenoxy) is 1. The van der Waals surface area contributed by atoms with Crippen LogP contribution in [0.1, 0.15) is 38.3 Å². The fourth-order valence-corrected chi connectivity index (χ4v) is 2.82. The lowest BCUT2D eigenvalue weighted by atomic mass is 10.2. The fraction of sp³-hybridized carbons (Fsp3) is 0.471. The molecule has 1 aromatic carbocycles. The van der Waals surface area contributed by atoms with Crippen LogP contribution in [0.4, 0.5) is 5.69 Å². The van der Waals surface area contributed by atoms with Crippen LogP contribution in [-0.2, 0) is 13.1 Å². The van der Waals surface area contributed by atoms with Gasteiger partial charge in [-0.1, -0.05) is 0 Å². The van der Waals surface area contributed by atoms with E-state index in [1.165, 1.54) is 31.4 Å². The standard InChI is InChI=1S/C17H23N3O/c1-2-20-13-18-11-15(20)12-19-14-7-9-17(10-8-14)21-16-5-3-4-6-16/h7-11,13,16,19H,2-6,12H2,1H3. The molecule has 0 aliphatic heterocycles. The quantitative estimate of drug-likeness (QED) is 0.876. The molecule has 1 saturated carbocycles. The molecule has 0 unspecified atom stereocenters. The minimum Gasteiger partial charge on any atom is -0.490 e. The average molecular weight is 285 g/mol. The van der Waals surface area contributed by atoms with Gasteiger partial charge in [0.25, 0.3) is 0 Å². The number of hydrogen-bond acceptors (Lipinski definition) is 3. The normalized spacial score (nSPS) is 15.3. The highest BCUT2D eigenvalue weighted by Crippen LogP contribution is 2.25. The summed E-state index contributed by atoms with van der Waals surface area (Å²) in [6.07, 6.45) is 9.19. The second-order valence-electron chi connectivity index (χ2n) is 5.57. The lowest BCUT2D eigenvalue weighted by molar-refractivity contribution is 0.210. The van der Waals surface area contributed by atoms with Crippen molar-refractivity contribution in [1.82, 2.24) is 9.55 Å². The molecule has 112 valence electrons. The Balaban J connectivity index is 1.54. The van der Waals surface area contributed by atoms with Crippen LogP contribution in [0.5, 0.6) is 5.75 Å². The second-order valence-corrected chi connectivity index (χ2v) is 5.57. The van der Waals surface area contributed by atoms with Crippen molar-refractivity contribution < 1.29 is 4.74 Å². The molecule has 1 aliphatic carbocycles. The maximum atomic E-state index is 5.98. The molecule has 4 nitrogen and oxygen atoms in total. The summed E-state index contributed by atoms with van der Waals surface area (Å²) >= 11 is 0. The van der Waals surface area contributed by atoms with Gasteiger partial charge in [-0.2, -0.15) is 0 Å². The number of hydrogen-bond donors (Lipinski definition) is 1. The summed E-state index contributed by atoms with van der Waals surface area (Å²) in [5, 5.41) is 3.43. The number of aryl methyl sites for hydroxylation is 1.